The molecule has 0 atom stereocenters. The maximum atomic E-state index is 13.3. The third kappa shape index (κ3) is 9.13. The van der Waals surface area contributed by atoms with E-state index in [9.17, 15) is 18.0 Å². The first-order chi connectivity index (χ1) is 19.8. The molecule has 0 spiro atoms. The quantitative estimate of drug-likeness (QED) is 0.168. The molecule has 0 aliphatic rings. The van der Waals surface area contributed by atoms with Crippen LogP contribution in [-0.4, -0.2) is 43.9 Å². The second kappa shape index (κ2) is 14.4. The Balaban J connectivity index is 1.31. The number of nitrogens with one attached hydrogen (secondary N) is 2. The predicted octanol–water partition coefficient (Wildman–Crippen LogP) is 4.08. The molecule has 0 unspecified atom stereocenters. The first-order valence-electron chi connectivity index (χ1n) is 12.4. The summed E-state index contributed by atoms with van der Waals surface area (Å²) < 4.78 is 39.2. The normalized spacial score (nSPS) is 11.5. The Morgan fingerprint density at radius 2 is 1.66 bits per heavy atom. The summed E-state index contributed by atoms with van der Waals surface area (Å²) in [6.07, 6.45) is 2.95. The second-order valence-corrected chi connectivity index (χ2v) is 11.6. The number of hydrogen-bond donors (Lipinski definition) is 2. The molecule has 2 amide bonds. The van der Waals surface area contributed by atoms with Crippen molar-refractivity contribution in [3.63, 3.8) is 0 Å². The first kappa shape index (κ1) is 29.7. The molecular weight excluding hydrogens is 612 g/mol. The zero-order valence-electron chi connectivity index (χ0n) is 21.8. The Bertz CT molecular complexity index is 1560. The molecule has 1 aromatic heterocycles. The van der Waals surface area contributed by atoms with Crippen molar-refractivity contribution in [3.05, 3.63) is 119 Å². The summed E-state index contributed by atoms with van der Waals surface area (Å²) in [7, 11) is -3.97. The summed E-state index contributed by atoms with van der Waals surface area (Å²) in [6, 6.07) is 25.5. The standard InChI is InChI=1S/C29H27BrN4O6S/c30-24-10-14-27(15-11-24)41(37,38)34(19-23-5-2-1-3-6-23)20-28(35)33-32-17-22-8-12-25(13-9-22)40-21-29(36)31-18-26-7-4-16-39-26/h1-17H,18-21H2,(H,31,36)(H,33,35)/b32-17+. The minimum atomic E-state index is -3.97. The lowest BCUT2D eigenvalue weighted by Gasteiger charge is -2.21. The lowest BCUT2D eigenvalue weighted by molar-refractivity contribution is -0.123. The van der Waals surface area contributed by atoms with Crippen molar-refractivity contribution >= 4 is 44.0 Å². The van der Waals surface area contributed by atoms with Gasteiger partial charge in [-0.3, -0.25) is 9.59 Å². The van der Waals surface area contributed by atoms with E-state index in [0.29, 0.717) is 17.1 Å². The van der Waals surface area contributed by atoms with Gasteiger partial charge in [0, 0.05) is 11.0 Å². The zero-order chi connectivity index (χ0) is 29.1. The third-order valence-corrected chi connectivity index (χ3v) is 8.00. The SMILES string of the molecule is O=C(COc1ccc(/C=N/NC(=O)CN(Cc2ccccc2)S(=O)(=O)c2ccc(Br)cc2)cc1)NCc1ccco1. The van der Waals surface area contributed by atoms with E-state index in [1.54, 1.807) is 72.8 Å². The number of benzene rings is 3. The van der Waals surface area contributed by atoms with Gasteiger partial charge in [0.1, 0.15) is 11.5 Å². The number of carbonyl (C=O) groups excluding carboxylic acids is 2. The highest BCUT2D eigenvalue weighted by atomic mass is 79.9. The monoisotopic (exact) mass is 638 g/mol. The second-order valence-electron chi connectivity index (χ2n) is 8.72. The van der Waals surface area contributed by atoms with E-state index in [4.69, 9.17) is 9.15 Å². The van der Waals surface area contributed by atoms with Crippen LogP contribution in [0.1, 0.15) is 16.9 Å². The van der Waals surface area contributed by atoms with E-state index in [-0.39, 0.29) is 30.5 Å². The molecule has 10 nitrogen and oxygen atoms in total. The largest absolute Gasteiger partial charge is 0.484 e. The van der Waals surface area contributed by atoms with Gasteiger partial charge in [0.2, 0.25) is 10.0 Å². The van der Waals surface area contributed by atoms with Crippen molar-refractivity contribution in [1.82, 2.24) is 15.0 Å². The molecule has 2 N–H and O–H groups in total. The Hall–Kier alpha value is -4.26. The summed E-state index contributed by atoms with van der Waals surface area (Å²) in [5.41, 5.74) is 3.78. The topological polar surface area (TPSA) is 130 Å². The van der Waals surface area contributed by atoms with Crippen LogP contribution in [0.4, 0.5) is 0 Å². The van der Waals surface area contributed by atoms with Crippen LogP contribution in [0.25, 0.3) is 0 Å². The lowest BCUT2D eigenvalue weighted by Crippen LogP contribution is -2.39. The van der Waals surface area contributed by atoms with Crippen LogP contribution in [0, 0.1) is 0 Å². The van der Waals surface area contributed by atoms with Crippen molar-refractivity contribution in [2.45, 2.75) is 18.0 Å². The minimum absolute atomic E-state index is 0.0126. The fourth-order valence-corrected chi connectivity index (χ4v) is 5.24. The lowest BCUT2D eigenvalue weighted by atomic mass is 10.2. The van der Waals surface area contributed by atoms with Crippen LogP contribution in [-0.2, 0) is 32.7 Å². The van der Waals surface area contributed by atoms with Crippen LogP contribution in [0.2, 0.25) is 0 Å². The van der Waals surface area contributed by atoms with Crippen molar-refractivity contribution in [1.29, 1.82) is 0 Å². The maximum Gasteiger partial charge on any atom is 0.258 e. The van der Waals surface area contributed by atoms with E-state index in [2.05, 4.69) is 31.8 Å². The molecule has 0 aliphatic carbocycles. The van der Waals surface area contributed by atoms with E-state index in [1.807, 2.05) is 6.07 Å². The highest BCUT2D eigenvalue weighted by molar-refractivity contribution is 9.10. The molecule has 3 aromatic carbocycles. The average Bonchev–Trinajstić information content (AvgIpc) is 3.50. The molecule has 0 radical (unpaired) electrons. The van der Waals surface area contributed by atoms with Gasteiger partial charge < -0.3 is 14.5 Å². The van der Waals surface area contributed by atoms with Gasteiger partial charge in [0.05, 0.1) is 30.5 Å². The number of furan rings is 1. The number of amides is 2. The molecular formula is C29H27BrN4O6S. The summed E-state index contributed by atoms with van der Waals surface area (Å²) >= 11 is 3.31. The number of hydrazone groups is 1. The average molecular weight is 640 g/mol. The summed E-state index contributed by atoms with van der Waals surface area (Å²) in [5.74, 6) is 0.231. The van der Waals surface area contributed by atoms with Crippen molar-refractivity contribution in [3.8, 4) is 5.75 Å². The number of halogens is 1. The van der Waals surface area contributed by atoms with Gasteiger partial charge in [-0.15, -0.1) is 0 Å². The smallest absolute Gasteiger partial charge is 0.258 e. The van der Waals surface area contributed by atoms with Gasteiger partial charge in [-0.25, -0.2) is 13.8 Å². The van der Waals surface area contributed by atoms with Crippen molar-refractivity contribution < 1.29 is 27.2 Å². The summed E-state index contributed by atoms with van der Waals surface area (Å²) in [5, 5.41) is 6.65. The van der Waals surface area contributed by atoms with Crippen molar-refractivity contribution in [2.75, 3.05) is 13.2 Å². The fourth-order valence-electron chi connectivity index (χ4n) is 3.59. The summed E-state index contributed by atoms with van der Waals surface area (Å²) in [6.45, 7) is -0.304. The van der Waals surface area contributed by atoms with E-state index in [0.717, 1.165) is 14.3 Å². The zero-order valence-corrected chi connectivity index (χ0v) is 24.2. The Morgan fingerprint density at radius 1 is 0.927 bits per heavy atom. The van der Waals surface area contributed by atoms with Gasteiger partial charge in [-0.2, -0.15) is 9.41 Å². The number of sulfonamides is 1. The molecule has 0 fully saturated rings. The fraction of sp³-hybridized carbons (Fsp3) is 0.138. The molecule has 0 saturated heterocycles. The third-order valence-electron chi connectivity index (χ3n) is 5.67. The van der Waals surface area contributed by atoms with Gasteiger partial charge >= 0.3 is 0 Å². The molecule has 0 bridgehead atoms. The number of hydrogen-bond acceptors (Lipinski definition) is 7. The summed E-state index contributed by atoms with van der Waals surface area (Å²) in [4.78, 5) is 24.7. The molecule has 41 heavy (non-hydrogen) atoms. The molecule has 4 rings (SSSR count). The minimum Gasteiger partial charge on any atom is -0.484 e. The van der Waals surface area contributed by atoms with Crippen LogP contribution in [0.15, 0.2) is 116 Å². The number of ether oxygens (including phenoxy) is 1. The van der Waals surface area contributed by atoms with Crippen LogP contribution < -0.4 is 15.5 Å². The number of rotatable bonds is 13. The molecule has 212 valence electrons. The van der Waals surface area contributed by atoms with E-state index in [1.165, 1.54) is 24.6 Å². The Morgan fingerprint density at radius 3 is 2.34 bits per heavy atom. The van der Waals surface area contributed by atoms with E-state index < -0.39 is 22.5 Å². The highest BCUT2D eigenvalue weighted by Gasteiger charge is 2.27. The maximum absolute atomic E-state index is 13.3. The first-order valence-corrected chi connectivity index (χ1v) is 14.7. The van der Waals surface area contributed by atoms with Gasteiger partial charge in [0.25, 0.3) is 11.8 Å². The molecule has 1 heterocycles. The highest BCUT2D eigenvalue weighted by Crippen LogP contribution is 2.21. The Kier molecular flexibility index (Phi) is 10.4. The van der Waals surface area contributed by atoms with E-state index >= 15 is 0 Å². The molecule has 0 aliphatic heterocycles. The molecule has 12 heteroatoms. The van der Waals surface area contributed by atoms with Crippen molar-refractivity contribution in [2.24, 2.45) is 5.10 Å². The van der Waals surface area contributed by atoms with Crippen LogP contribution in [0.3, 0.4) is 0 Å². The number of carbonyl (C=O) groups is 2. The predicted molar refractivity (Wildman–Crippen MR) is 156 cm³/mol. The molecule has 4 aromatic rings. The van der Waals surface area contributed by atoms with Crippen LogP contribution in [0.5, 0.6) is 5.75 Å². The Labute approximate surface area is 246 Å². The van der Waals surface area contributed by atoms with Gasteiger partial charge in [0.15, 0.2) is 6.61 Å². The van der Waals surface area contributed by atoms with Crippen LogP contribution >= 0.6 is 15.9 Å². The molecule has 0 saturated carbocycles. The van der Waals surface area contributed by atoms with Gasteiger partial charge in [-0.05, 0) is 71.8 Å². The van der Waals surface area contributed by atoms with Gasteiger partial charge in [-0.1, -0.05) is 46.3 Å². The number of nitrogens with zero attached hydrogens (tertiary/aromatic N) is 2.